The molecular weight excluding hydrogens is 587 g/mol. The van der Waals surface area contributed by atoms with Gasteiger partial charge in [-0.25, -0.2) is 19.2 Å². The molecule has 0 aromatic carbocycles. The molecule has 3 aliphatic heterocycles. The molecule has 0 aromatic rings. The molecule has 242 valence electrons. The van der Waals surface area contributed by atoms with Crippen LogP contribution in [0.25, 0.3) is 0 Å². The topological polar surface area (TPSA) is 171 Å². The lowest BCUT2D eigenvalue weighted by atomic mass is 9.79. The third kappa shape index (κ3) is 5.38. The molecule has 12 nitrogen and oxygen atoms in total. The van der Waals surface area contributed by atoms with Crippen molar-refractivity contribution in [2.24, 2.45) is 34.3 Å². The Morgan fingerprint density at radius 1 is 1.20 bits per heavy atom. The van der Waals surface area contributed by atoms with Crippen LogP contribution in [0.2, 0.25) is 0 Å². The first-order valence-corrected chi connectivity index (χ1v) is 14.4. The van der Waals surface area contributed by atoms with Crippen LogP contribution < -0.4 is 16.4 Å². The third-order valence-electron chi connectivity index (χ3n) is 9.76. The van der Waals surface area contributed by atoms with E-state index in [0.717, 1.165) is 0 Å². The van der Waals surface area contributed by atoms with Crippen LogP contribution in [0.15, 0.2) is 17.1 Å². The highest BCUT2D eigenvalue weighted by molar-refractivity contribution is 5.85. The maximum Gasteiger partial charge on any atom is 0.416 e. The van der Waals surface area contributed by atoms with Gasteiger partial charge >= 0.3 is 12.3 Å². The minimum absolute atomic E-state index is 0.0798. The molecular formula is C29H38F3N5O7. The van der Waals surface area contributed by atoms with E-state index in [9.17, 15) is 42.3 Å². The fourth-order valence-corrected chi connectivity index (χ4v) is 7.20. The molecule has 4 aliphatic rings. The molecule has 0 unspecified atom stereocenters. The summed E-state index contributed by atoms with van der Waals surface area (Å²) in [6, 6.07) is -3.83. The second-order valence-corrected chi connectivity index (χ2v) is 13.8. The number of allylic oxidation sites excluding steroid dienone is 1. The van der Waals surface area contributed by atoms with Crippen molar-refractivity contribution >= 4 is 29.8 Å². The van der Waals surface area contributed by atoms with Gasteiger partial charge in [-0.2, -0.15) is 13.2 Å². The molecule has 0 spiro atoms. The molecule has 6 atom stereocenters. The van der Waals surface area contributed by atoms with Gasteiger partial charge in [0, 0.05) is 19.0 Å². The van der Waals surface area contributed by atoms with Crippen molar-refractivity contribution < 1.29 is 47.0 Å². The number of alkyl halides is 3. The van der Waals surface area contributed by atoms with Crippen LogP contribution in [0.5, 0.6) is 0 Å². The number of hydrogen-bond donors (Lipinski definition) is 4. The summed E-state index contributed by atoms with van der Waals surface area (Å²) in [5.74, 6) is 3.59. The van der Waals surface area contributed by atoms with Gasteiger partial charge in [0.2, 0.25) is 5.91 Å². The Morgan fingerprint density at radius 3 is 2.30 bits per heavy atom. The average Bonchev–Trinajstić information content (AvgIpc) is 3.27. The minimum Gasteiger partial charge on any atom is -0.465 e. The Morgan fingerprint density at radius 2 is 1.84 bits per heavy atom. The molecule has 0 aromatic heterocycles. The van der Waals surface area contributed by atoms with E-state index in [2.05, 4.69) is 10.6 Å². The number of amides is 2. The van der Waals surface area contributed by atoms with Crippen molar-refractivity contribution in [1.29, 1.82) is 0 Å². The first-order valence-electron chi connectivity index (χ1n) is 14.4. The Bertz CT molecular complexity index is 1350. The maximum atomic E-state index is 14.5. The summed E-state index contributed by atoms with van der Waals surface area (Å²) >= 11 is 0. The predicted octanol–water partition coefficient (Wildman–Crippen LogP) is 1.26. The summed E-state index contributed by atoms with van der Waals surface area (Å²) < 4.78 is 48.3. The largest absolute Gasteiger partial charge is 0.465 e. The van der Waals surface area contributed by atoms with Gasteiger partial charge in [-0.05, 0) is 35.5 Å². The molecule has 3 heterocycles. The van der Waals surface area contributed by atoms with E-state index in [-0.39, 0.29) is 52.4 Å². The van der Waals surface area contributed by atoms with Gasteiger partial charge in [-0.3, -0.25) is 9.69 Å². The Kier molecular flexibility index (Phi) is 8.52. The molecule has 5 N–H and O–H groups in total. The Balaban J connectivity index is 1.73. The van der Waals surface area contributed by atoms with Crippen molar-refractivity contribution in [2.45, 2.75) is 77.3 Å². The standard InChI is InChI=1S/C29H38F3N5O7/c1-26(2,3)23(37(25(42)43)28(13-44-14-28)29(30,31)32)20(12-40)36-9-16-21(27(16,4)5)22(36)24(41)35-18(17(33)10-38)8-15-6-7-34-19(15)11-39/h15-16,18,21-23,34H,6-9,13-14,33H2,1-5H3,(H,35,41)(H,42,43)/t15-,16-,18-,21-,22-,23+/m0/s1. The second kappa shape index (κ2) is 11.3. The second-order valence-electron chi connectivity index (χ2n) is 13.8. The lowest BCUT2D eigenvalue weighted by molar-refractivity contribution is -0.305. The monoisotopic (exact) mass is 625 g/mol. The van der Waals surface area contributed by atoms with Crippen LogP contribution in [-0.2, 0) is 23.9 Å². The number of carbonyl (C=O) groups is 2. The molecule has 0 radical (unpaired) electrons. The lowest BCUT2D eigenvalue weighted by Gasteiger charge is -2.54. The molecule has 4 fully saturated rings. The summed E-state index contributed by atoms with van der Waals surface area (Å²) in [5.41, 5.74) is 0.920. The van der Waals surface area contributed by atoms with Gasteiger partial charge in [0.25, 0.3) is 0 Å². The van der Waals surface area contributed by atoms with Crippen molar-refractivity contribution in [1.82, 2.24) is 20.4 Å². The molecule has 3 saturated heterocycles. The van der Waals surface area contributed by atoms with Crippen LogP contribution in [0, 0.1) is 28.6 Å². The Labute approximate surface area is 252 Å². The van der Waals surface area contributed by atoms with E-state index in [1.54, 1.807) is 11.9 Å². The summed E-state index contributed by atoms with van der Waals surface area (Å²) in [4.78, 5) is 63.9. The fraction of sp³-hybridized carbons (Fsp3) is 0.724. The zero-order valence-electron chi connectivity index (χ0n) is 25.2. The van der Waals surface area contributed by atoms with Gasteiger partial charge in [0.1, 0.15) is 35.3 Å². The zero-order chi connectivity index (χ0) is 33.0. The maximum absolute atomic E-state index is 14.5. The van der Waals surface area contributed by atoms with E-state index in [0.29, 0.717) is 13.0 Å². The number of nitrogens with one attached hydrogen (secondary N) is 2. The van der Waals surface area contributed by atoms with Crippen LogP contribution in [0.3, 0.4) is 0 Å². The van der Waals surface area contributed by atoms with Crippen LogP contribution in [0.4, 0.5) is 18.0 Å². The van der Waals surface area contributed by atoms with E-state index >= 15 is 0 Å². The molecule has 0 bridgehead atoms. The molecule has 15 heteroatoms. The molecule has 1 saturated carbocycles. The summed E-state index contributed by atoms with van der Waals surface area (Å²) in [7, 11) is 0. The van der Waals surface area contributed by atoms with Gasteiger partial charge in [0.15, 0.2) is 5.54 Å². The highest BCUT2D eigenvalue weighted by atomic mass is 19.4. The number of piperidine rings is 1. The molecule has 1 aliphatic carbocycles. The van der Waals surface area contributed by atoms with Crippen molar-refractivity contribution in [3.05, 3.63) is 17.1 Å². The number of halogens is 3. The first-order chi connectivity index (χ1) is 20.4. The van der Waals surface area contributed by atoms with Gasteiger partial charge < -0.3 is 31.1 Å². The molecule has 44 heavy (non-hydrogen) atoms. The number of nitrogens with two attached hydrogens (primary N) is 1. The summed E-state index contributed by atoms with van der Waals surface area (Å²) in [6.07, 6.45) is -6.33. The van der Waals surface area contributed by atoms with Crippen LogP contribution in [-0.4, -0.2) is 101 Å². The van der Waals surface area contributed by atoms with Crippen molar-refractivity contribution in [2.75, 3.05) is 26.3 Å². The lowest BCUT2D eigenvalue weighted by Crippen LogP contribution is -2.75. The number of carbonyl (C=O) groups excluding carboxylic acids is 4. The van der Waals surface area contributed by atoms with Gasteiger partial charge in [0.05, 0.1) is 31.0 Å². The summed E-state index contributed by atoms with van der Waals surface area (Å²) in [6.45, 7) is 7.03. The number of carboxylic acid groups (broad SMARTS) is 1. The Hall–Kier alpha value is -3.76. The van der Waals surface area contributed by atoms with Crippen molar-refractivity contribution in [3.8, 4) is 0 Å². The normalized spacial score (nSPS) is 27.7. The average molecular weight is 626 g/mol. The van der Waals surface area contributed by atoms with E-state index in [1.165, 1.54) is 25.7 Å². The zero-order valence-corrected chi connectivity index (χ0v) is 25.2. The third-order valence-corrected chi connectivity index (χ3v) is 9.76. The number of rotatable bonds is 9. The number of likely N-dealkylation sites (tertiary alicyclic amines) is 1. The van der Waals surface area contributed by atoms with E-state index in [4.69, 9.17) is 10.5 Å². The quantitative estimate of drug-likeness (QED) is 0.274. The van der Waals surface area contributed by atoms with Crippen LogP contribution >= 0.6 is 0 Å². The number of fused-ring (bicyclic) bond motifs is 1. The van der Waals surface area contributed by atoms with Gasteiger partial charge in [-0.1, -0.05) is 34.6 Å². The SMILES string of the molecule is CC(C)(C)[C@@H](C(=C=O)N1C[C@H]2[C@@H]([C@H]1C(=O)N[C@@H](C[C@@H]1CCNC1=C=O)C(N)=C=O)C2(C)C)N(C(=O)O)C1(C(F)(F)F)COC1. The fourth-order valence-electron chi connectivity index (χ4n) is 7.20. The number of hydrogen-bond acceptors (Lipinski definition) is 9. The van der Waals surface area contributed by atoms with Crippen LogP contribution in [0.1, 0.15) is 47.5 Å². The minimum atomic E-state index is -5.02. The first kappa shape index (κ1) is 33.1. The van der Waals surface area contributed by atoms with E-state index < -0.39 is 66.2 Å². The summed E-state index contributed by atoms with van der Waals surface area (Å²) in [5, 5.41) is 15.8. The van der Waals surface area contributed by atoms with Gasteiger partial charge in [-0.15, -0.1) is 0 Å². The smallest absolute Gasteiger partial charge is 0.416 e. The highest BCUT2D eigenvalue weighted by Gasteiger charge is 2.71. The number of nitrogens with zero attached hydrogens (tertiary/aromatic N) is 2. The highest BCUT2D eigenvalue weighted by Crippen LogP contribution is 2.65. The van der Waals surface area contributed by atoms with E-state index in [1.807, 2.05) is 19.8 Å². The predicted molar refractivity (Wildman–Crippen MR) is 148 cm³/mol. The van der Waals surface area contributed by atoms with Crippen molar-refractivity contribution in [3.63, 3.8) is 0 Å². The molecule has 4 rings (SSSR count). The number of ether oxygens (including phenoxy) is 1. The molecule has 2 amide bonds.